The summed E-state index contributed by atoms with van der Waals surface area (Å²) in [6, 6.07) is 13.3. The normalized spacial score (nSPS) is 13.5. The molecule has 0 bridgehead atoms. The maximum Gasteiger partial charge on any atom is 0.138 e. The molecule has 0 saturated heterocycles. The summed E-state index contributed by atoms with van der Waals surface area (Å²) in [4.78, 5) is 0. The number of allylic oxidation sites excluding steroid dienone is 2. The summed E-state index contributed by atoms with van der Waals surface area (Å²) in [5, 5.41) is 9.46. The molecule has 1 heterocycles. The van der Waals surface area contributed by atoms with Gasteiger partial charge in [-0.15, -0.1) is 0 Å². The minimum Gasteiger partial charge on any atom is -0.508 e. The average molecular weight is 250 g/mol. The van der Waals surface area contributed by atoms with Crippen molar-refractivity contribution in [1.29, 1.82) is 0 Å². The standard InChI is InChI=1S/C17H14O2/c1-11-3-5-13(6-4-11)16-10-19-17-9-14(18)7-8-15(17)12(16)2/h3-10,18H,2H2,1H3. The van der Waals surface area contributed by atoms with Gasteiger partial charge in [0.1, 0.15) is 11.5 Å². The number of fused-ring (bicyclic) bond motifs is 1. The molecule has 1 aliphatic heterocycles. The lowest BCUT2D eigenvalue weighted by Crippen LogP contribution is -2.01. The van der Waals surface area contributed by atoms with E-state index in [1.54, 1.807) is 18.4 Å². The molecular weight excluding hydrogens is 236 g/mol. The lowest BCUT2D eigenvalue weighted by molar-refractivity contribution is 0.453. The molecule has 2 aromatic rings. The molecule has 0 saturated carbocycles. The Bertz CT molecular complexity index is 679. The monoisotopic (exact) mass is 250 g/mol. The summed E-state index contributed by atoms with van der Waals surface area (Å²) >= 11 is 0. The molecule has 0 unspecified atom stereocenters. The average Bonchev–Trinajstić information content (AvgIpc) is 2.40. The fourth-order valence-corrected chi connectivity index (χ4v) is 2.17. The van der Waals surface area contributed by atoms with E-state index in [0.29, 0.717) is 5.75 Å². The smallest absolute Gasteiger partial charge is 0.138 e. The van der Waals surface area contributed by atoms with Crippen LogP contribution in [0.25, 0.3) is 11.1 Å². The molecule has 0 atom stereocenters. The van der Waals surface area contributed by atoms with E-state index in [4.69, 9.17) is 4.74 Å². The van der Waals surface area contributed by atoms with Crippen molar-refractivity contribution in [2.24, 2.45) is 0 Å². The molecule has 1 aliphatic rings. The number of hydrogen-bond donors (Lipinski definition) is 1. The fraction of sp³-hybridized carbons (Fsp3) is 0.0588. The Morgan fingerprint density at radius 2 is 1.79 bits per heavy atom. The van der Waals surface area contributed by atoms with Gasteiger partial charge < -0.3 is 9.84 Å². The molecule has 0 fully saturated rings. The summed E-state index contributed by atoms with van der Waals surface area (Å²) < 4.78 is 5.59. The minimum absolute atomic E-state index is 0.193. The van der Waals surface area contributed by atoms with Crippen molar-refractivity contribution < 1.29 is 9.84 Å². The minimum atomic E-state index is 0.193. The first kappa shape index (κ1) is 11.6. The van der Waals surface area contributed by atoms with Crippen molar-refractivity contribution in [2.45, 2.75) is 6.92 Å². The predicted molar refractivity (Wildman–Crippen MR) is 76.9 cm³/mol. The third kappa shape index (κ3) is 2.02. The van der Waals surface area contributed by atoms with E-state index < -0.39 is 0 Å². The van der Waals surface area contributed by atoms with Gasteiger partial charge in [0.2, 0.25) is 0 Å². The summed E-state index contributed by atoms with van der Waals surface area (Å²) in [5.41, 5.74) is 5.09. The van der Waals surface area contributed by atoms with Crippen molar-refractivity contribution in [2.75, 3.05) is 0 Å². The van der Waals surface area contributed by atoms with Crippen LogP contribution >= 0.6 is 0 Å². The molecule has 2 aromatic carbocycles. The van der Waals surface area contributed by atoms with Crippen LogP contribution in [0.3, 0.4) is 0 Å². The second-order valence-corrected chi connectivity index (χ2v) is 4.67. The quantitative estimate of drug-likeness (QED) is 0.824. The van der Waals surface area contributed by atoms with E-state index >= 15 is 0 Å². The molecule has 2 nitrogen and oxygen atoms in total. The Balaban J connectivity index is 2.03. The third-order valence-electron chi connectivity index (χ3n) is 3.28. The first-order valence-corrected chi connectivity index (χ1v) is 6.12. The highest BCUT2D eigenvalue weighted by Gasteiger charge is 2.18. The predicted octanol–water partition coefficient (Wildman–Crippen LogP) is 4.15. The van der Waals surface area contributed by atoms with Gasteiger partial charge in [-0.1, -0.05) is 36.4 Å². The van der Waals surface area contributed by atoms with Crippen LogP contribution in [0, 0.1) is 6.92 Å². The van der Waals surface area contributed by atoms with E-state index in [0.717, 1.165) is 22.3 Å². The van der Waals surface area contributed by atoms with Crippen LogP contribution in [0.2, 0.25) is 0 Å². The first-order valence-electron chi connectivity index (χ1n) is 6.12. The highest BCUT2D eigenvalue weighted by molar-refractivity contribution is 6.06. The Morgan fingerprint density at radius 1 is 1.05 bits per heavy atom. The number of phenolic OH excluding ortho intramolecular Hbond substituents is 1. The molecule has 0 radical (unpaired) electrons. The zero-order valence-corrected chi connectivity index (χ0v) is 10.7. The number of aromatic hydroxyl groups is 1. The molecule has 0 aliphatic carbocycles. The molecule has 3 rings (SSSR count). The Kier molecular flexibility index (Phi) is 2.64. The van der Waals surface area contributed by atoms with Crippen LogP contribution < -0.4 is 4.74 Å². The first-order chi connectivity index (χ1) is 9.15. The molecule has 19 heavy (non-hydrogen) atoms. The van der Waals surface area contributed by atoms with Crippen LogP contribution in [0.5, 0.6) is 11.5 Å². The lowest BCUT2D eigenvalue weighted by atomic mass is 9.92. The molecule has 0 aromatic heterocycles. The number of phenols is 1. The third-order valence-corrected chi connectivity index (χ3v) is 3.28. The second-order valence-electron chi connectivity index (χ2n) is 4.67. The van der Waals surface area contributed by atoms with Gasteiger partial charge in [0, 0.05) is 17.2 Å². The Hall–Kier alpha value is -2.48. The highest BCUT2D eigenvalue weighted by Crippen LogP contribution is 2.40. The Labute approximate surface area is 112 Å². The van der Waals surface area contributed by atoms with Crippen molar-refractivity contribution in [1.82, 2.24) is 0 Å². The number of aryl methyl sites for hydroxylation is 1. The molecule has 2 heteroatoms. The molecule has 0 spiro atoms. The van der Waals surface area contributed by atoms with E-state index in [-0.39, 0.29) is 5.75 Å². The molecule has 0 amide bonds. The largest absolute Gasteiger partial charge is 0.508 e. The van der Waals surface area contributed by atoms with Gasteiger partial charge in [-0.25, -0.2) is 0 Å². The molecular formula is C17H14O2. The maximum absolute atomic E-state index is 9.46. The summed E-state index contributed by atoms with van der Waals surface area (Å²) in [7, 11) is 0. The van der Waals surface area contributed by atoms with E-state index in [2.05, 4.69) is 37.8 Å². The topological polar surface area (TPSA) is 29.5 Å². The summed E-state index contributed by atoms with van der Waals surface area (Å²) in [6.45, 7) is 6.19. The van der Waals surface area contributed by atoms with Crippen LogP contribution in [0.15, 0.2) is 55.3 Å². The Morgan fingerprint density at radius 3 is 2.53 bits per heavy atom. The van der Waals surface area contributed by atoms with Crippen molar-refractivity contribution in [3.8, 4) is 11.5 Å². The summed E-state index contributed by atoms with van der Waals surface area (Å²) in [5.74, 6) is 0.833. The van der Waals surface area contributed by atoms with Gasteiger partial charge in [0.05, 0.1) is 6.26 Å². The van der Waals surface area contributed by atoms with Gasteiger partial charge in [-0.2, -0.15) is 0 Å². The molecule has 1 N–H and O–H groups in total. The SMILES string of the molecule is C=C1C(c2ccc(C)cc2)=COc2cc(O)ccc21. The fourth-order valence-electron chi connectivity index (χ4n) is 2.17. The van der Waals surface area contributed by atoms with Crippen molar-refractivity contribution in [3.63, 3.8) is 0 Å². The highest BCUT2D eigenvalue weighted by atomic mass is 16.5. The van der Waals surface area contributed by atoms with E-state index in [1.807, 2.05) is 6.07 Å². The van der Waals surface area contributed by atoms with Crippen LogP contribution in [0.4, 0.5) is 0 Å². The van der Waals surface area contributed by atoms with Crippen LogP contribution in [-0.4, -0.2) is 5.11 Å². The van der Waals surface area contributed by atoms with Gasteiger partial charge >= 0.3 is 0 Å². The number of hydrogen-bond acceptors (Lipinski definition) is 2. The van der Waals surface area contributed by atoms with Crippen LogP contribution in [0.1, 0.15) is 16.7 Å². The molecule has 94 valence electrons. The zero-order chi connectivity index (χ0) is 13.4. The van der Waals surface area contributed by atoms with E-state index in [9.17, 15) is 5.11 Å². The van der Waals surface area contributed by atoms with Gasteiger partial charge in [0.25, 0.3) is 0 Å². The second kappa shape index (κ2) is 4.32. The van der Waals surface area contributed by atoms with Gasteiger partial charge in [-0.05, 0) is 30.2 Å². The van der Waals surface area contributed by atoms with Gasteiger partial charge in [0.15, 0.2) is 0 Å². The lowest BCUT2D eigenvalue weighted by Gasteiger charge is -2.20. The van der Waals surface area contributed by atoms with Gasteiger partial charge in [-0.3, -0.25) is 0 Å². The number of benzene rings is 2. The van der Waals surface area contributed by atoms with Crippen LogP contribution in [-0.2, 0) is 0 Å². The van der Waals surface area contributed by atoms with Crippen molar-refractivity contribution >= 4 is 11.1 Å². The maximum atomic E-state index is 9.46. The van der Waals surface area contributed by atoms with E-state index in [1.165, 1.54) is 5.56 Å². The number of rotatable bonds is 1. The summed E-state index contributed by atoms with van der Waals surface area (Å²) in [6.07, 6.45) is 1.69. The number of ether oxygens (including phenoxy) is 1. The zero-order valence-electron chi connectivity index (χ0n) is 10.7. The van der Waals surface area contributed by atoms with Crippen molar-refractivity contribution in [3.05, 3.63) is 72.0 Å².